The molecule has 0 saturated heterocycles. The normalized spacial score (nSPS) is 10.8. The summed E-state index contributed by atoms with van der Waals surface area (Å²) in [5.74, 6) is -0.313. The molecule has 0 aliphatic rings. The lowest BCUT2D eigenvalue weighted by Crippen LogP contribution is -2.26. The lowest BCUT2D eigenvalue weighted by Gasteiger charge is -2.06. The monoisotopic (exact) mass is 230 g/mol. The molecular formula is C8H10N2O4S. The molecule has 0 heterocycles. The van der Waals surface area contributed by atoms with E-state index in [-0.39, 0.29) is 10.8 Å². The maximum atomic E-state index is 10.8. The smallest absolute Gasteiger partial charge is 0.294 e. The van der Waals surface area contributed by atoms with E-state index in [1.807, 2.05) is 0 Å². The fraction of sp³-hybridized carbons (Fsp3) is 0.125. The maximum Gasteiger partial charge on any atom is 0.294 e. The first-order chi connectivity index (χ1) is 6.89. The van der Waals surface area contributed by atoms with Gasteiger partial charge in [-0.1, -0.05) is 6.07 Å². The molecule has 0 bridgehead atoms. The van der Waals surface area contributed by atoms with Gasteiger partial charge in [0.05, 0.1) is 10.6 Å². The van der Waals surface area contributed by atoms with Crippen LogP contribution in [0.25, 0.3) is 0 Å². The second kappa shape index (κ2) is 4.28. The van der Waals surface area contributed by atoms with Crippen LogP contribution in [0.4, 0.5) is 5.69 Å². The Morgan fingerprint density at radius 3 is 2.60 bits per heavy atom. The molecule has 1 rings (SSSR count). The first kappa shape index (κ1) is 11.5. The highest BCUT2D eigenvalue weighted by Gasteiger charge is 2.09. The summed E-state index contributed by atoms with van der Waals surface area (Å²) in [6, 6.07) is 5.43. The van der Waals surface area contributed by atoms with Crippen LogP contribution in [0.1, 0.15) is 6.92 Å². The van der Waals surface area contributed by atoms with Gasteiger partial charge >= 0.3 is 0 Å². The van der Waals surface area contributed by atoms with Crippen LogP contribution in [0, 0.1) is 0 Å². The van der Waals surface area contributed by atoms with E-state index in [1.165, 1.54) is 25.1 Å². The van der Waals surface area contributed by atoms with Gasteiger partial charge in [-0.25, -0.2) is 0 Å². The number of benzene rings is 1. The molecule has 0 saturated carbocycles. The molecule has 0 aromatic heterocycles. The van der Waals surface area contributed by atoms with E-state index in [0.29, 0.717) is 5.69 Å². The van der Waals surface area contributed by atoms with Gasteiger partial charge in [0, 0.05) is 6.92 Å². The van der Waals surface area contributed by atoms with E-state index in [4.69, 9.17) is 4.55 Å². The minimum Gasteiger partial charge on any atom is -0.299 e. The highest BCUT2D eigenvalue weighted by molar-refractivity contribution is 7.85. The molecule has 6 nitrogen and oxygen atoms in total. The maximum absolute atomic E-state index is 10.8. The molecule has 0 unspecified atom stereocenters. The van der Waals surface area contributed by atoms with Gasteiger partial charge in [0.2, 0.25) is 5.91 Å². The summed E-state index contributed by atoms with van der Waals surface area (Å²) in [4.78, 5) is 10.3. The first-order valence-electron chi connectivity index (χ1n) is 4.00. The highest BCUT2D eigenvalue weighted by atomic mass is 32.2. The van der Waals surface area contributed by atoms with Crippen LogP contribution in [0.2, 0.25) is 0 Å². The molecule has 0 spiro atoms. The van der Waals surface area contributed by atoms with Crippen molar-refractivity contribution >= 4 is 21.7 Å². The molecule has 0 aliphatic carbocycles. The van der Waals surface area contributed by atoms with Gasteiger partial charge in [-0.15, -0.1) is 0 Å². The SMILES string of the molecule is CC(=O)NNc1cccc(S(=O)(=O)O)c1. The number of anilines is 1. The highest BCUT2D eigenvalue weighted by Crippen LogP contribution is 2.13. The Labute approximate surface area is 87.0 Å². The number of hydrogen-bond acceptors (Lipinski definition) is 4. The number of nitrogens with one attached hydrogen (secondary N) is 2. The zero-order chi connectivity index (χ0) is 11.5. The average molecular weight is 230 g/mol. The fourth-order valence-corrected chi connectivity index (χ4v) is 1.42. The van der Waals surface area contributed by atoms with E-state index in [9.17, 15) is 13.2 Å². The Kier molecular flexibility index (Phi) is 3.28. The minimum absolute atomic E-state index is 0.238. The summed E-state index contributed by atoms with van der Waals surface area (Å²) in [7, 11) is -4.22. The lowest BCUT2D eigenvalue weighted by atomic mass is 10.3. The summed E-state index contributed by atoms with van der Waals surface area (Å²) in [6.45, 7) is 1.31. The fourth-order valence-electron chi connectivity index (χ4n) is 0.894. The van der Waals surface area contributed by atoms with Crippen LogP contribution in [0.3, 0.4) is 0 Å². The Balaban J connectivity index is 2.89. The van der Waals surface area contributed by atoms with E-state index < -0.39 is 10.1 Å². The van der Waals surface area contributed by atoms with Crippen LogP contribution in [-0.2, 0) is 14.9 Å². The number of hydrazine groups is 1. The first-order valence-corrected chi connectivity index (χ1v) is 5.44. The second-order valence-electron chi connectivity index (χ2n) is 2.81. The van der Waals surface area contributed by atoms with Gasteiger partial charge in [-0.3, -0.25) is 20.2 Å². The van der Waals surface area contributed by atoms with Crippen molar-refractivity contribution in [1.29, 1.82) is 0 Å². The molecule has 7 heteroatoms. The average Bonchev–Trinajstić information content (AvgIpc) is 2.14. The Hall–Kier alpha value is -1.60. The summed E-state index contributed by atoms with van der Waals surface area (Å²) in [5, 5.41) is 0. The number of amides is 1. The van der Waals surface area contributed by atoms with E-state index in [2.05, 4.69) is 10.9 Å². The Morgan fingerprint density at radius 2 is 2.07 bits per heavy atom. The van der Waals surface area contributed by atoms with Gasteiger partial charge in [0.25, 0.3) is 10.1 Å². The molecule has 3 N–H and O–H groups in total. The summed E-state index contributed by atoms with van der Waals surface area (Å²) in [6.07, 6.45) is 0. The molecule has 82 valence electrons. The van der Waals surface area contributed by atoms with E-state index >= 15 is 0 Å². The largest absolute Gasteiger partial charge is 0.299 e. The predicted molar refractivity (Wildman–Crippen MR) is 53.7 cm³/mol. The summed E-state index contributed by atoms with van der Waals surface area (Å²) in [5.41, 5.74) is 5.12. The van der Waals surface area contributed by atoms with Crippen molar-refractivity contribution in [1.82, 2.24) is 5.43 Å². The number of rotatable bonds is 3. The zero-order valence-electron chi connectivity index (χ0n) is 7.89. The predicted octanol–water partition coefficient (Wildman–Crippen LogP) is 0.396. The Morgan fingerprint density at radius 1 is 1.40 bits per heavy atom. The molecule has 1 aromatic rings. The van der Waals surface area contributed by atoms with Crippen molar-refractivity contribution in [3.63, 3.8) is 0 Å². The van der Waals surface area contributed by atoms with Gasteiger partial charge in [0.1, 0.15) is 0 Å². The van der Waals surface area contributed by atoms with Crippen LogP contribution >= 0.6 is 0 Å². The van der Waals surface area contributed by atoms with Crippen molar-refractivity contribution in [2.75, 3.05) is 5.43 Å². The summed E-state index contributed by atoms with van der Waals surface area (Å²) >= 11 is 0. The topological polar surface area (TPSA) is 95.5 Å². The quantitative estimate of drug-likeness (QED) is 0.516. The lowest BCUT2D eigenvalue weighted by molar-refractivity contribution is -0.118. The van der Waals surface area contributed by atoms with Crippen LogP contribution in [0.15, 0.2) is 29.2 Å². The van der Waals surface area contributed by atoms with Crippen LogP contribution in [0.5, 0.6) is 0 Å². The van der Waals surface area contributed by atoms with Crippen molar-refractivity contribution in [2.45, 2.75) is 11.8 Å². The number of hydrogen-bond donors (Lipinski definition) is 3. The van der Waals surface area contributed by atoms with Gasteiger partial charge < -0.3 is 0 Å². The van der Waals surface area contributed by atoms with Crippen molar-refractivity contribution < 1.29 is 17.8 Å². The molecule has 0 fully saturated rings. The van der Waals surface area contributed by atoms with Crippen molar-refractivity contribution in [2.24, 2.45) is 0 Å². The van der Waals surface area contributed by atoms with Crippen LogP contribution in [-0.4, -0.2) is 18.9 Å². The van der Waals surface area contributed by atoms with Gasteiger partial charge in [-0.05, 0) is 18.2 Å². The van der Waals surface area contributed by atoms with E-state index in [0.717, 1.165) is 0 Å². The molecular weight excluding hydrogens is 220 g/mol. The van der Waals surface area contributed by atoms with Gasteiger partial charge in [0.15, 0.2) is 0 Å². The molecule has 15 heavy (non-hydrogen) atoms. The van der Waals surface area contributed by atoms with Crippen molar-refractivity contribution in [3.8, 4) is 0 Å². The summed E-state index contributed by atoms with van der Waals surface area (Å²) < 4.78 is 30.3. The molecule has 0 atom stereocenters. The molecule has 1 aromatic carbocycles. The minimum atomic E-state index is -4.22. The standard InChI is InChI=1S/C8H10N2O4S/c1-6(11)9-10-7-3-2-4-8(5-7)15(12,13)14/h2-5,10H,1H3,(H,9,11)(H,12,13,14). The Bertz CT molecular complexity index is 469. The molecule has 0 aliphatic heterocycles. The van der Waals surface area contributed by atoms with Gasteiger partial charge in [-0.2, -0.15) is 8.42 Å². The molecule has 0 radical (unpaired) electrons. The zero-order valence-corrected chi connectivity index (χ0v) is 8.71. The number of carbonyl (C=O) groups excluding carboxylic acids is 1. The van der Waals surface area contributed by atoms with Crippen molar-refractivity contribution in [3.05, 3.63) is 24.3 Å². The number of carbonyl (C=O) groups is 1. The second-order valence-corrected chi connectivity index (χ2v) is 4.23. The molecule has 1 amide bonds. The third-order valence-electron chi connectivity index (χ3n) is 1.51. The third kappa shape index (κ3) is 3.56. The third-order valence-corrected chi connectivity index (χ3v) is 2.36. The van der Waals surface area contributed by atoms with Crippen LogP contribution < -0.4 is 10.9 Å². The van der Waals surface area contributed by atoms with E-state index in [1.54, 1.807) is 6.07 Å².